The SMILES string of the molecule is O=C(Cc1ccc(F)cc1)N1CC2CC3OC2(C1)C1OC31. The molecule has 0 saturated carbocycles. The van der Waals surface area contributed by atoms with Crippen LogP contribution in [0.2, 0.25) is 0 Å². The summed E-state index contributed by atoms with van der Waals surface area (Å²) in [6, 6.07) is 6.13. The van der Waals surface area contributed by atoms with Crippen LogP contribution in [0.4, 0.5) is 4.39 Å². The summed E-state index contributed by atoms with van der Waals surface area (Å²) in [5, 5.41) is 0. The maximum absolute atomic E-state index is 12.9. The molecule has 4 aliphatic heterocycles. The van der Waals surface area contributed by atoms with Gasteiger partial charge in [0.15, 0.2) is 0 Å². The number of carbonyl (C=O) groups excluding carboxylic acids is 1. The smallest absolute Gasteiger partial charge is 0.227 e. The number of carbonyl (C=O) groups is 1. The van der Waals surface area contributed by atoms with E-state index in [4.69, 9.17) is 9.47 Å². The fraction of sp³-hybridized carbons (Fsp3) is 0.562. The van der Waals surface area contributed by atoms with Crippen molar-refractivity contribution in [1.82, 2.24) is 4.90 Å². The monoisotopic (exact) mass is 289 g/mol. The summed E-state index contributed by atoms with van der Waals surface area (Å²) in [5.41, 5.74) is 0.620. The normalized spacial score (nSPS) is 42.0. The molecule has 0 N–H and O–H groups in total. The van der Waals surface area contributed by atoms with E-state index >= 15 is 0 Å². The summed E-state index contributed by atoms with van der Waals surface area (Å²) in [5.74, 6) is 0.237. The Kier molecular flexibility index (Phi) is 2.22. The molecule has 4 nitrogen and oxygen atoms in total. The molecule has 1 amide bonds. The summed E-state index contributed by atoms with van der Waals surface area (Å²) in [7, 11) is 0. The highest BCUT2D eigenvalue weighted by Gasteiger charge is 2.76. The van der Waals surface area contributed by atoms with E-state index in [1.165, 1.54) is 12.1 Å². The number of fused-ring (bicyclic) bond motifs is 3. The van der Waals surface area contributed by atoms with E-state index in [-0.39, 0.29) is 35.6 Å². The van der Waals surface area contributed by atoms with Gasteiger partial charge in [-0.2, -0.15) is 0 Å². The Morgan fingerprint density at radius 1 is 1.38 bits per heavy atom. The van der Waals surface area contributed by atoms with Gasteiger partial charge in [0.2, 0.25) is 5.91 Å². The number of halogens is 1. The Bertz CT molecular complexity index is 618. The first-order chi connectivity index (χ1) is 10.2. The van der Waals surface area contributed by atoms with Crippen LogP contribution in [0.1, 0.15) is 12.0 Å². The van der Waals surface area contributed by atoms with Crippen LogP contribution in [0.25, 0.3) is 0 Å². The van der Waals surface area contributed by atoms with Gasteiger partial charge in [0.1, 0.15) is 23.6 Å². The molecule has 5 rings (SSSR count). The molecule has 5 heteroatoms. The zero-order valence-corrected chi connectivity index (χ0v) is 11.5. The lowest BCUT2D eigenvalue weighted by Crippen LogP contribution is -2.42. The first-order valence-electron chi connectivity index (χ1n) is 7.51. The van der Waals surface area contributed by atoms with Crippen LogP contribution in [0, 0.1) is 11.7 Å². The minimum absolute atomic E-state index is 0.0923. The van der Waals surface area contributed by atoms with Crippen molar-refractivity contribution < 1.29 is 18.7 Å². The van der Waals surface area contributed by atoms with Crippen LogP contribution in [-0.2, 0) is 20.7 Å². The average molecular weight is 289 g/mol. The van der Waals surface area contributed by atoms with E-state index < -0.39 is 0 Å². The Hall–Kier alpha value is -1.46. The van der Waals surface area contributed by atoms with Gasteiger partial charge in [-0.15, -0.1) is 0 Å². The van der Waals surface area contributed by atoms with Crippen molar-refractivity contribution >= 4 is 5.91 Å². The van der Waals surface area contributed by atoms with Crippen molar-refractivity contribution in [1.29, 1.82) is 0 Å². The standard InChI is InChI=1S/C16H16FNO3/c17-11-3-1-9(2-4-11)5-13(19)18-7-10-6-12-14-15(20-14)16(10,8-18)21-12/h1-4,10,12,14-15H,5-8H2. The second kappa shape index (κ2) is 3.84. The second-order valence-corrected chi connectivity index (χ2v) is 6.64. The second-order valence-electron chi connectivity index (χ2n) is 6.64. The summed E-state index contributed by atoms with van der Waals surface area (Å²) < 4.78 is 24.7. The Labute approximate surface area is 121 Å². The molecule has 1 aromatic carbocycles. The first kappa shape index (κ1) is 12.1. The van der Waals surface area contributed by atoms with E-state index in [1.807, 2.05) is 4.90 Å². The highest BCUT2D eigenvalue weighted by atomic mass is 19.1. The number of nitrogens with zero attached hydrogens (tertiary/aromatic N) is 1. The van der Waals surface area contributed by atoms with Crippen LogP contribution in [0.5, 0.6) is 0 Å². The van der Waals surface area contributed by atoms with Crippen molar-refractivity contribution in [3.05, 3.63) is 35.6 Å². The molecule has 0 aliphatic carbocycles. The molecular weight excluding hydrogens is 273 g/mol. The molecule has 110 valence electrons. The number of epoxide rings is 1. The van der Waals surface area contributed by atoms with Crippen molar-refractivity contribution in [3.63, 3.8) is 0 Å². The van der Waals surface area contributed by atoms with E-state index in [0.717, 1.165) is 18.5 Å². The van der Waals surface area contributed by atoms with Crippen LogP contribution >= 0.6 is 0 Å². The van der Waals surface area contributed by atoms with Crippen molar-refractivity contribution in [2.75, 3.05) is 13.1 Å². The number of hydrogen-bond donors (Lipinski definition) is 0. The van der Waals surface area contributed by atoms with Gasteiger partial charge in [0.05, 0.1) is 19.1 Å². The fourth-order valence-corrected chi connectivity index (χ4v) is 4.40. The molecule has 21 heavy (non-hydrogen) atoms. The van der Waals surface area contributed by atoms with Gasteiger partial charge < -0.3 is 14.4 Å². The number of hydrogen-bond acceptors (Lipinski definition) is 3. The highest BCUT2D eigenvalue weighted by Crippen LogP contribution is 2.60. The molecule has 2 bridgehead atoms. The van der Waals surface area contributed by atoms with Gasteiger partial charge in [0.25, 0.3) is 0 Å². The Morgan fingerprint density at radius 2 is 2.19 bits per heavy atom. The predicted octanol–water partition coefficient (Wildman–Crippen LogP) is 1.14. The third-order valence-electron chi connectivity index (χ3n) is 5.45. The van der Waals surface area contributed by atoms with Crippen LogP contribution in [0.15, 0.2) is 24.3 Å². The number of likely N-dealkylation sites (tertiary alicyclic amines) is 1. The van der Waals surface area contributed by atoms with Crippen LogP contribution in [0.3, 0.4) is 0 Å². The summed E-state index contributed by atoms with van der Waals surface area (Å²) in [4.78, 5) is 14.4. The number of amides is 1. The highest BCUT2D eigenvalue weighted by molar-refractivity contribution is 5.79. The predicted molar refractivity (Wildman–Crippen MR) is 71.1 cm³/mol. The molecule has 1 aromatic rings. The molecule has 4 fully saturated rings. The number of rotatable bonds is 2. The quantitative estimate of drug-likeness (QED) is 0.767. The number of ether oxygens (including phenoxy) is 2. The molecular formula is C16H16FNO3. The minimum Gasteiger partial charge on any atom is -0.364 e. The first-order valence-corrected chi connectivity index (χ1v) is 7.51. The molecule has 5 unspecified atom stereocenters. The van der Waals surface area contributed by atoms with E-state index in [9.17, 15) is 9.18 Å². The van der Waals surface area contributed by atoms with E-state index in [0.29, 0.717) is 18.9 Å². The topological polar surface area (TPSA) is 42.1 Å². The van der Waals surface area contributed by atoms with Crippen LogP contribution in [-0.4, -0.2) is 47.8 Å². The molecule has 4 heterocycles. The molecule has 1 spiro atoms. The molecule has 0 radical (unpaired) electrons. The fourth-order valence-electron chi connectivity index (χ4n) is 4.40. The van der Waals surface area contributed by atoms with Gasteiger partial charge in [-0.3, -0.25) is 4.79 Å². The largest absolute Gasteiger partial charge is 0.364 e. The van der Waals surface area contributed by atoms with Crippen LogP contribution < -0.4 is 0 Å². The van der Waals surface area contributed by atoms with Gasteiger partial charge in [-0.1, -0.05) is 12.1 Å². The third kappa shape index (κ3) is 1.59. The average Bonchev–Trinajstić information content (AvgIpc) is 2.99. The lowest BCUT2D eigenvalue weighted by Gasteiger charge is -2.24. The van der Waals surface area contributed by atoms with Gasteiger partial charge in [0, 0.05) is 12.5 Å². The maximum atomic E-state index is 12.9. The lowest BCUT2D eigenvalue weighted by atomic mass is 9.81. The maximum Gasteiger partial charge on any atom is 0.227 e. The van der Waals surface area contributed by atoms with Crippen molar-refractivity contribution in [2.24, 2.45) is 5.92 Å². The zero-order valence-electron chi connectivity index (χ0n) is 11.5. The molecule has 5 atom stereocenters. The Morgan fingerprint density at radius 3 is 2.95 bits per heavy atom. The number of benzene rings is 1. The van der Waals surface area contributed by atoms with Gasteiger partial charge in [-0.05, 0) is 24.1 Å². The minimum atomic E-state index is -0.275. The van der Waals surface area contributed by atoms with Crippen molar-refractivity contribution in [3.8, 4) is 0 Å². The van der Waals surface area contributed by atoms with Crippen molar-refractivity contribution in [2.45, 2.75) is 36.8 Å². The zero-order chi connectivity index (χ0) is 14.2. The van der Waals surface area contributed by atoms with E-state index in [2.05, 4.69) is 0 Å². The lowest BCUT2D eigenvalue weighted by molar-refractivity contribution is -0.131. The Balaban J connectivity index is 1.31. The van der Waals surface area contributed by atoms with Gasteiger partial charge >= 0.3 is 0 Å². The molecule has 4 saturated heterocycles. The summed E-state index contributed by atoms with van der Waals surface area (Å²) >= 11 is 0. The summed E-state index contributed by atoms with van der Waals surface area (Å²) in [6.45, 7) is 1.42. The summed E-state index contributed by atoms with van der Waals surface area (Å²) in [6.07, 6.45) is 2.09. The molecule has 4 aliphatic rings. The van der Waals surface area contributed by atoms with E-state index in [1.54, 1.807) is 12.1 Å². The van der Waals surface area contributed by atoms with Gasteiger partial charge in [-0.25, -0.2) is 4.39 Å². The third-order valence-corrected chi connectivity index (χ3v) is 5.45. The molecule has 0 aromatic heterocycles.